The highest BCUT2D eigenvalue weighted by Gasteiger charge is 2.68. The molecule has 4 aliphatic carbocycles. The molecule has 1 heterocycles. The maximum Gasteiger partial charge on any atom is 0.273 e. The molecule has 34 heavy (non-hydrogen) atoms. The Labute approximate surface area is 202 Å². The van der Waals surface area contributed by atoms with E-state index < -0.39 is 24.3 Å². The largest absolute Gasteiger partial charge is 0.292 e. The summed E-state index contributed by atoms with van der Waals surface area (Å²) < 4.78 is 0. The Morgan fingerprint density at radius 3 is 1.97 bits per heavy atom. The highest BCUT2D eigenvalue weighted by Crippen LogP contribution is 2.65. The second kappa shape index (κ2) is 7.64. The van der Waals surface area contributed by atoms with Crippen molar-refractivity contribution in [3.8, 4) is 0 Å². The monoisotopic (exact) mass is 474 g/mol. The number of benzene rings is 2. The second-order valence-electron chi connectivity index (χ2n) is 9.80. The lowest BCUT2D eigenvalue weighted by Gasteiger charge is -2.37. The standard InChI is InChI=1S/C27H23ClN2O4/c1-14-2-4-15(5-3-14)22(31)13-29(25(32)16-6-8-17(28)9-7-16)30-26(33)23-18-10-11-19(21-12-20(18)21)24(23)27(30)34/h2-11,18-21,23-24H,12-13H2,1H3/t18-,19+,20+,21-,23-,24+. The van der Waals surface area contributed by atoms with E-state index >= 15 is 0 Å². The van der Waals surface area contributed by atoms with Crippen LogP contribution in [0.1, 0.15) is 32.7 Å². The van der Waals surface area contributed by atoms with Gasteiger partial charge in [0, 0.05) is 16.1 Å². The van der Waals surface area contributed by atoms with Crippen molar-refractivity contribution in [2.75, 3.05) is 6.54 Å². The van der Waals surface area contributed by atoms with E-state index in [1.165, 1.54) is 12.1 Å². The molecule has 3 amide bonds. The van der Waals surface area contributed by atoms with Gasteiger partial charge in [0.25, 0.3) is 17.7 Å². The molecular weight excluding hydrogens is 452 g/mol. The van der Waals surface area contributed by atoms with Crippen molar-refractivity contribution in [3.05, 3.63) is 82.4 Å². The summed E-state index contributed by atoms with van der Waals surface area (Å²) in [6.45, 7) is 1.51. The molecule has 0 N–H and O–H groups in total. The van der Waals surface area contributed by atoms with E-state index in [0.717, 1.165) is 22.0 Å². The predicted octanol–water partition coefficient (Wildman–Crippen LogP) is 3.94. The highest BCUT2D eigenvalue weighted by atomic mass is 35.5. The first kappa shape index (κ1) is 21.3. The van der Waals surface area contributed by atoms with E-state index in [1.807, 2.05) is 19.1 Å². The number of amides is 3. The number of imide groups is 1. The van der Waals surface area contributed by atoms with E-state index in [-0.39, 0.29) is 35.0 Å². The maximum atomic E-state index is 13.6. The number of nitrogens with zero attached hydrogens (tertiary/aromatic N) is 2. The number of carbonyl (C=O) groups is 4. The van der Waals surface area contributed by atoms with Gasteiger partial charge in [-0.1, -0.05) is 53.6 Å². The van der Waals surface area contributed by atoms with E-state index in [0.29, 0.717) is 22.4 Å². The van der Waals surface area contributed by atoms with Crippen molar-refractivity contribution in [1.82, 2.24) is 10.0 Å². The summed E-state index contributed by atoms with van der Waals surface area (Å²) in [7, 11) is 0. The fraction of sp³-hybridized carbons (Fsp3) is 0.333. The van der Waals surface area contributed by atoms with Gasteiger partial charge < -0.3 is 0 Å². The Morgan fingerprint density at radius 2 is 1.41 bits per heavy atom. The van der Waals surface area contributed by atoms with Crippen LogP contribution < -0.4 is 0 Å². The lowest BCUT2D eigenvalue weighted by Crippen LogP contribution is -2.52. The van der Waals surface area contributed by atoms with Crippen LogP contribution in [0.3, 0.4) is 0 Å². The normalized spacial score (nSPS) is 30.2. The summed E-state index contributed by atoms with van der Waals surface area (Å²) >= 11 is 5.98. The topological polar surface area (TPSA) is 74.8 Å². The summed E-state index contributed by atoms with van der Waals surface area (Å²) in [4.78, 5) is 54.0. The molecule has 6 atom stereocenters. The zero-order valence-corrected chi connectivity index (χ0v) is 19.3. The SMILES string of the molecule is Cc1ccc(C(=O)CN(C(=O)c2ccc(Cl)cc2)N2C(=O)[C@@H]3[C@@H]4C=C[C@@H]([C@H]5C[C@@H]45)[C@@H]3C2=O)cc1. The van der Waals surface area contributed by atoms with Gasteiger partial charge in [-0.2, -0.15) is 5.01 Å². The van der Waals surface area contributed by atoms with Crippen molar-refractivity contribution in [2.24, 2.45) is 35.5 Å². The van der Waals surface area contributed by atoms with Crippen LogP contribution >= 0.6 is 11.6 Å². The van der Waals surface area contributed by atoms with Gasteiger partial charge in [-0.15, -0.1) is 0 Å². The van der Waals surface area contributed by atoms with Gasteiger partial charge >= 0.3 is 0 Å². The Kier molecular flexibility index (Phi) is 4.78. The van der Waals surface area contributed by atoms with E-state index in [9.17, 15) is 19.2 Å². The molecule has 1 saturated heterocycles. The summed E-state index contributed by atoms with van der Waals surface area (Å²) in [5.74, 6) is -1.64. The quantitative estimate of drug-likeness (QED) is 0.373. The van der Waals surface area contributed by atoms with E-state index in [1.54, 1.807) is 24.3 Å². The third kappa shape index (κ3) is 3.16. The molecule has 7 heteroatoms. The third-order valence-corrected chi connectivity index (χ3v) is 8.13. The van der Waals surface area contributed by atoms with E-state index in [4.69, 9.17) is 11.6 Å². The molecule has 2 saturated carbocycles. The molecule has 2 aromatic rings. The molecule has 2 bridgehead atoms. The number of ketones is 1. The van der Waals surface area contributed by atoms with Crippen LogP contribution in [0.5, 0.6) is 0 Å². The summed E-state index contributed by atoms with van der Waals surface area (Å²) in [6, 6.07) is 13.2. The smallest absolute Gasteiger partial charge is 0.273 e. The van der Waals surface area contributed by atoms with Crippen LogP contribution in [0.25, 0.3) is 0 Å². The Hall–Kier alpha value is -3.25. The zero-order chi connectivity index (χ0) is 23.7. The molecule has 7 rings (SSSR count). The number of hydrogen-bond donors (Lipinski definition) is 0. The molecule has 0 spiro atoms. The minimum absolute atomic E-state index is 0.0294. The Balaban J connectivity index is 1.36. The molecule has 3 fully saturated rings. The van der Waals surface area contributed by atoms with Crippen LogP contribution in [0, 0.1) is 42.4 Å². The molecular formula is C27H23ClN2O4. The molecule has 0 aromatic heterocycles. The number of aryl methyl sites for hydroxylation is 1. The number of hydrogen-bond acceptors (Lipinski definition) is 4. The lowest BCUT2D eigenvalue weighted by molar-refractivity contribution is -0.154. The predicted molar refractivity (Wildman–Crippen MR) is 125 cm³/mol. The van der Waals surface area contributed by atoms with Crippen LogP contribution in [0.4, 0.5) is 0 Å². The molecule has 6 nitrogen and oxygen atoms in total. The van der Waals surface area contributed by atoms with Gasteiger partial charge in [0.1, 0.15) is 6.54 Å². The zero-order valence-electron chi connectivity index (χ0n) is 18.6. The van der Waals surface area contributed by atoms with Crippen LogP contribution in [-0.2, 0) is 9.59 Å². The molecule has 0 radical (unpaired) electrons. The van der Waals surface area contributed by atoms with Crippen molar-refractivity contribution in [3.63, 3.8) is 0 Å². The van der Waals surface area contributed by atoms with Gasteiger partial charge in [0.2, 0.25) is 0 Å². The molecule has 5 aliphatic rings. The first-order valence-electron chi connectivity index (χ1n) is 11.6. The maximum absolute atomic E-state index is 13.6. The molecule has 0 unspecified atom stereocenters. The Morgan fingerprint density at radius 1 is 0.882 bits per heavy atom. The van der Waals surface area contributed by atoms with Crippen molar-refractivity contribution in [1.29, 1.82) is 0 Å². The van der Waals surface area contributed by atoms with Gasteiger partial charge in [-0.05, 0) is 61.3 Å². The van der Waals surface area contributed by atoms with Crippen molar-refractivity contribution >= 4 is 35.1 Å². The fourth-order valence-corrected chi connectivity index (χ4v) is 6.25. The second-order valence-corrected chi connectivity index (χ2v) is 10.2. The van der Waals surface area contributed by atoms with E-state index in [2.05, 4.69) is 12.2 Å². The van der Waals surface area contributed by atoms with Crippen LogP contribution in [-0.4, -0.2) is 40.1 Å². The fourth-order valence-electron chi connectivity index (χ4n) is 6.12. The number of hydrazine groups is 1. The van der Waals surface area contributed by atoms with Gasteiger partial charge in [-0.25, -0.2) is 5.01 Å². The number of halogens is 1. The first-order valence-corrected chi connectivity index (χ1v) is 12.0. The number of rotatable bonds is 5. The lowest BCUT2D eigenvalue weighted by atomic mass is 9.63. The van der Waals surface area contributed by atoms with Crippen LogP contribution in [0.2, 0.25) is 5.02 Å². The summed E-state index contributed by atoms with van der Waals surface area (Å²) in [5.41, 5.74) is 1.67. The third-order valence-electron chi connectivity index (χ3n) is 7.87. The van der Waals surface area contributed by atoms with Crippen molar-refractivity contribution < 1.29 is 19.2 Å². The minimum atomic E-state index is -0.581. The number of Topliss-reactive ketones (excluding diaryl/α,β-unsaturated/α-hetero) is 1. The highest BCUT2D eigenvalue weighted by molar-refractivity contribution is 6.30. The average Bonchev–Trinajstić information content (AvgIpc) is 3.62. The summed E-state index contributed by atoms with van der Waals surface area (Å²) in [6.07, 6.45) is 5.21. The summed E-state index contributed by atoms with van der Waals surface area (Å²) in [5, 5.41) is 2.47. The number of allylic oxidation sites excluding steroid dienone is 2. The van der Waals surface area contributed by atoms with Gasteiger partial charge in [-0.3, -0.25) is 19.2 Å². The molecule has 1 aliphatic heterocycles. The van der Waals surface area contributed by atoms with Crippen molar-refractivity contribution in [2.45, 2.75) is 13.3 Å². The first-order chi connectivity index (χ1) is 16.3. The van der Waals surface area contributed by atoms with Gasteiger partial charge in [0.05, 0.1) is 11.8 Å². The molecule has 2 aromatic carbocycles. The molecule has 172 valence electrons. The van der Waals surface area contributed by atoms with Crippen LogP contribution in [0.15, 0.2) is 60.7 Å². The minimum Gasteiger partial charge on any atom is -0.292 e. The number of carbonyl (C=O) groups excluding carboxylic acids is 4. The Bertz CT molecular complexity index is 1220. The van der Waals surface area contributed by atoms with Gasteiger partial charge in [0.15, 0.2) is 5.78 Å². The average molecular weight is 475 g/mol.